The summed E-state index contributed by atoms with van der Waals surface area (Å²) in [5.74, 6) is 1.05. The van der Waals surface area contributed by atoms with Gasteiger partial charge in [0.15, 0.2) is 0 Å². The average Bonchev–Trinajstić information content (AvgIpc) is 3.31. The molecular weight excluding hydrogens is 426 g/mol. The zero-order valence-corrected chi connectivity index (χ0v) is 19.6. The highest BCUT2D eigenvalue weighted by molar-refractivity contribution is 5.98. The molecule has 1 saturated heterocycles. The predicted octanol–water partition coefficient (Wildman–Crippen LogP) is 4.70. The number of aromatic nitrogens is 1. The molecule has 2 aliphatic heterocycles. The van der Waals surface area contributed by atoms with Crippen LogP contribution < -0.4 is 10.1 Å². The summed E-state index contributed by atoms with van der Waals surface area (Å²) >= 11 is 0. The van der Waals surface area contributed by atoms with Crippen LogP contribution in [0.25, 0.3) is 10.9 Å². The summed E-state index contributed by atoms with van der Waals surface area (Å²) in [5, 5.41) is 4.17. The highest BCUT2D eigenvalue weighted by Crippen LogP contribution is 2.38. The number of nitrogens with one attached hydrogen (secondary N) is 2. The first-order chi connectivity index (χ1) is 16.6. The minimum atomic E-state index is -0.405. The number of aryl methyl sites for hydroxylation is 1. The van der Waals surface area contributed by atoms with Crippen LogP contribution in [0.5, 0.6) is 5.75 Å². The van der Waals surface area contributed by atoms with Gasteiger partial charge in [-0.05, 0) is 55.9 Å². The molecule has 1 aromatic heterocycles. The van der Waals surface area contributed by atoms with Crippen molar-refractivity contribution in [3.05, 3.63) is 65.9 Å². The van der Waals surface area contributed by atoms with Crippen molar-refractivity contribution in [1.29, 1.82) is 0 Å². The Balaban J connectivity index is 1.24. The van der Waals surface area contributed by atoms with E-state index in [1.807, 2.05) is 47.4 Å². The smallest absolute Gasteiger partial charge is 0.270 e. The number of H-pyrrole nitrogens is 1. The van der Waals surface area contributed by atoms with Crippen molar-refractivity contribution < 1.29 is 14.3 Å². The highest BCUT2D eigenvalue weighted by Gasteiger charge is 2.41. The Kier molecular flexibility index (Phi) is 6.57. The predicted molar refractivity (Wildman–Crippen MR) is 133 cm³/mol. The summed E-state index contributed by atoms with van der Waals surface area (Å²) in [6.45, 7) is 2.16. The van der Waals surface area contributed by atoms with Gasteiger partial charge in [-0.15, -0.1) is 0 Å². The molecule has 3 aromatic rings. The van der Waals surface area contributed by atoms with E-state index in [4.69, 9.17) is 4.74 Å². The van der Waals surface area contributed by atoms with Crippen molar-refractivity contribution in [2.75, 3.05) is 26.2 Å². The molecule has 3 heterocycles. The third-order valence-electron chi connectivity index (χ3n) is 7.47. The number of hydrogen-bond acceptors (Lipinski definition) is 3. The number of hydrogen-bond donors (Lipinski definition) is 2. The van der Waals surface area contributed by atoms with Crippen molar-refractivity contribution in [3.8, 4) is 5.75 Å². The lowest BCUT2D eigenvalue weighted by Gasteiger charge is -2.40. The lowest BCUT2D eigenvalue weighted by Crippen LogP contribution is -2.50. The average molecular weight is 460 g/mol. The van der Waals surface area contributed by atoms with Gasteiger partial charge in [-0.2, -0.15) is 0 Å². The molecule has 2 amide bonds. The SMILES string of the molecule is O=C(c1cc2ccccc2[nH]1)N1CCC2(CCCCCc3ccccc3OCCNC2=O)CC1. The Bertz CT molecular complexity index is 1130. The second-order valence-electron chi connectivity index (χ2n) is 9.62. The number of nitrogens with zero attached hydrogens (tertiary/aromatic N) is 1. The number of carbonyl (C=O) groups is 2. The standard InChI is InChI=1S/C28H33N3O3/c32-26(24-20-22-10-3-5-11-23(22)30-24)31-17-14-28(15-18-31)13-7-1-2-8-21-9-4-6-12-25(21)34-19-16-29-27(28)33/h3-6,9-12,20,30H,1-2,7-8,13-19H2,(H,29,33). The maximum atomic E-state index is 13.3. The number of ether oxygens (including phenoxy) is 1. The lowest BCUT2D eigenvalue weighted by molar-refractivity contribution is -0.134. The first-order valence-electron chi connectivity index (χ1n) is 12.5. The second-order valence-corrected chi connectivity index (χ2v) is 9.62. The third kappa shape index (κ3) is 4.67. The number of aromatic amines is 1. The van der Waals surface area contributed by atoms with E-state index in [-0.39, 0.29) is 11.8 Å². The van der Waals surface area contributed by atoms with Crippen LogP contribution in [-0.2, 0) is 11.2 Å². The molecule has 0 saturated carbocycles. The molecule has 0 radical (unpaired) electrons. The highest BCUT2D eigenvalue weighted by atomic mass is 16.5. The lowest BCUT2D eigenvalue weighted by atomic mass is 9.73. The number of carbonyl (C=O) groups excluding carboxylic acids is 2. The number of amides is 2. The Hall–Kier alpha value is -3.28. The minimum Gasteiger partial charge on any atom is -0.491 e. The van der Waals surface area contributed by atoms with Gasteiger partial charge >= 0.3 is 0 Å². The Morgan fingerprint density at radius 2 is 1.74 bits per heavy atom. The summed E-state index contributed by atoms with van der Waals surface area (Å²) in [4.78, 5) is 31.6. The van der Waals surface area contributed by atoms with Crippen molar-refractivity contribution in [2.45, 2.75) is 44.9 Å². The molecule has 0 atom stereocenters. The largest absolute Gasteiger partial charge is 0.491 e. The van der Waals surface area contributed by atoms with Crippen molar-refractivity contribution in [2.24, 2.45) is 5.41 Å². The minimum absolute atomic E-state index is 0.0160. The fraction of sp³-hybridized carbons (Fsp3) is 0.429. The van der Waals surface area contributed by atoms with Gasteiger partial charge < -0.3 is 19.9 Å². The fourth-order valence-electron chi connectivity index (χ4n) is 5.41. The Morgan fingerprint density at radius 1 is 0.941 bits per heavy atom. The van der Waals surface area contributed by atoms with Crippen molar-refractivity contribution in [3.63, 3.8) is 0 Å². The number of piperidine rings is 1. The van der Waals surface area contributed by atoms with E-state index in [1.165, 1.54) is 5.56 Å². The molecule has 2 aliphatic rings. The number of likely N-dealkylation sites (tertiary alicyclic amines) is 1. The van der Waals surface area contributed by atoms with Gasteiger partial charge in [-0.3, -0.25) is 9.59 Å². The van der Waals surface area contributed by atoms with Crippen molar-refractivity contribution in [1.82, 2.24) is 15.2 Å². The molecule has 6 nitrogen and oxygen atoms in total. The maximum Gasteiger partial charge on any atom is 0.270 e. The van der Waals surface area contributed by atoms with E-state index < -0.39 is 5.41 Å². The number of rotatable bonds is 1. The van der Waals surface area contributed by atoms with Crippen LogP contribution in [0.3, 0.4) is 0 Å². The summed E-state index contributed by atoms with van der Waals surface area (Å²) in [6, 6.07) is 18.1. The maximum absolute atomic E-state index is 13.3. The first kappa shape index (κ1) is 22.5. The van der Waals surface area contributed by atoms with Gasteiger partial charge in [-0.25, -0.2) is 0 Å². The van der Waals surface area contributed by atoms with Crippen LogP contribution in [-0.4, -0.2) is 47.9 Å². The number of para-hydroxylation sites is 2. The summed E-state index contributed by atoms with van der Waals surface area (Å²) in [7, 11) is 0. The molecule has 0 unspecified atom stereocenters. The molecule has 0 aliphatic carbocycles. The molecule has 6 heteroatoms. The fourth-order valence-corrected chi connectivity index (χ4v) is 5.41. The van der Waals surface area contributed by atoms with Crippen molar-refractivity contribution >= 4 is 22.7 Å². The van der Waals surface area contributed by atoms with Crippen LogP contribution in [0.1, 0.15) is 54.6 Å². The topological polar surface area (TPSA) is 74.4 Å². The van der Waals surface area contributed by atoms with Gasteiger partial charge in [0, 0.05) is 24.0 Å². The van der Waals surface area contributed by atoms with Gasteiger partial charge in [0.05, 0.1) is 12.0 Å². The molecule has 178 valence electrons. The van der Waals surface area contributed by atoms with E-state index in [9.17, 15) is 9.59 Å². The van der Waals surface area contributed by atoms with E-state index in [0.29, 0.717) is 44.8 Å². The van der Waals surface area contributed by atoms with Crippen LogP contribution >= 0.6 is 0 Å². The van der Waals surface area contributed by atoms with Crippen LogP contribution in [0, 0.1) is 5.41 Å². The van der Waals surface area contributed by atoms with Crippen LogP contribution in [0.4, 0.5) is 0 Å². The monoisotopic (exact) mass is 459 g/mol. The van der Waals surface area contributed by atoms with E-state index >= 15 is 0 Å². The summed E-state index contributed by atoms with van der Waals surface area (Å²) in [5.41, 5.74) is 2.43. The van der Waals surface area contributed by atoms with Gasteiger partial charge in [0.2, 0.25) is 5.91 Å². The van der Waals surface area contributed by atoms with E-state index in [1.54, 1.807) is 0 Å². The summed E-state index contributed by atoms with van der Waals surface area (Å²) < 4.78 is 5.98. The second kappa shape index (κ2) is 9.92. The first-order valence-corrected chi connectivity index (χ1v) is 12.5. The molecule has 5 rings (SSSR count). The molecule has 2 N–H and O–H groups in total. The van der Waals surface area contributed by atoms with E-state index in [0.717, 1.165) is 48.8 Å². The van der Waals surface area contributed by atoms with Crippen LogP contribution in [0.2, 0.25) is 0 Å². The molecule has 1 spiro atoms. The molecular formula is C28H33N3O3. The van der Waals surface area contributed by atoms with Gasteiger partial charge in [0.1, 0.15) is 18.1 Å². The molecule has 0 bridgehead atoms. The zero-order chi connectivity index (χ0) is 23.4. The van der Waals surface area contributed by atoms with Gasteiger partial charge in [0.25, 0.3) is 5.91 Å². The third-order valence-corrected chi connectivity index (χ3v) is 7.47. The number of fused-ring (bicyclic) bond motifs is 2. The molecule has 2 aromatic carbocycles. The van der Waals surface area contributed by atoms with E-state index in [2.05, 4.69) is 22.4 Å². The zero-order valence-electron chi connectivity index (χ0n) is 19.6. The Morgan fingerprint density at radius 3 is 2.59 bits per heavy atom. The summed E-state index contributed by atoms with van der Waals surface area (Å²) in [6.07, 6.45) is 6.46. The molecule has 1 fully saturated rings. The Labute approximate surface area is 200 Å². The number of benzene rings is 2. The van der Waals surface area contributed by atoms with Gasteiger partial charge in [-0.1, -0.05) is 49.2 Å². The molecule has 34 heavy (non-hydrogen) atoms. The van der Waals surface area contributed by atoms with Crippen LogP contribution in [0.15, 0.2) is 54.6 Å². The quantitative estimate of drug-likeness (QED) is 0.554. The normalized spacial score (nSPS) is 19.3.